The summed E-state index contributed by atoms with van der Waals surface area (Å²) < 4.78 is 14.8. The summed E-state index contributed by atoms with van der Waals surface area (Å²) in [5, 5.41) is 0. The molecule has 1 heterocycles. The van der Waals surface area contributed by atoms with E-state index in [4.69, 9.17) is 4.74 Å². The number of benzene rings is 3. The monoisotopic (exact) mass is 304 g/mol. The van der Waals surface area contributed by atoms with Crippen LogP contribution in [0.15, 0.2) is 72.8 Å². The normalized spacial score (nSPS) is 10.7. The zero-order chi connectivity index (χ0) is 14.8. The highest BCUT2D eigenvalue weighted by Gasteiger charge is 2.13. The van der Waals surface area contributed by atoms with Gasteiger partial charge < -0.3 is 4.74 Å². The minimum atomic E-state index is 0.731. The SMILES string of the molecule is c1ccc(Oc2ccc(-c3ccccc3)c3nsnc23)cc1. The van der Waals surface area contributed by atoms with Crippen molar-refractivity contribution in [3.63, 3.8) is 0 Å². The van der Waals surface area contributed by atoms with Gasteiger partial charge in [0, 0.05) is 5.56 Å². The van der Waals surface area contributed by atoms with Gasteiger partial charge in [-0.15, -0.1) is 0 Å². The summed E-state index contributed by atoms with van der Waals surface area (Å²) in [7, 11) is 0. The molecule has 0 amide bonds. The summed E-state index contributed by atoms with van der Waals surface area (Å²) in [5.41, 5.74) is 3.89. The summed E-state index contributed by atoms with van der Waals surface area (Å²) in [6, 6.07) is 23.9. The molecule has 4 rings (SSSR count). The van der Waals surface area contributed by atoms with Gasteiger partial charge in [0.05, 0.1) is 11.7 Å². The maximum absolute atomic E-state index is 5.94. The van der Waals surface area contributed by atoms with E-state index in [9.17, 15) is 0 Å². The molecule has 0 fully saturated rings. The van der Waals surface area contributed by atoms with E-state index in [0.717, 1.165) is 33.7 Å². The molecule has 0 saturated heterocycles. The topological polar surface area (TPSA) is 35.0 Å². The van der Waals surface area contributed by atoms with E-state index in [-0.39, 0.29) is 0 Å². The van der Waals surface area contributed by atoms with Crippen LogP contribution in [0, 0.1) is 0 Å². The van der Waals surface area contributed by atoms with Gasteiger partial charge in [0.15, 0.2) is 5.75 Å². The highest BCUT2D eigenvalue weighted by molar-refractivity contribution is 7.00. The maximum Gasteiger partial charge on any atom is 0.156 e. The fraction of sp³-hybridized carbons (Fsp3) is 0. The molecular weight excluding hydrogens is 292 g/mol. The van der Waals surface area contributed by atoms with Crippen LogP contribution >= 0.6 is 11.7 Å². The lowest BCUT2D eigenvalue weighted by Gasteiger charge is -2.08. The van der Waals surface area contributed by atoms with Crippen molar-refractivity contribution in [3.8, 4) is 22.6 Å². The summed E-state index contributed by atoms with van der Waals surface area (Å²) in [6.45, 7) is 0. The second-order valence-electron chi connectivity index (χ2n) is 4.85. The van der Waals surface area contributed by atoms with Crippen molar-refractivity contribution in [2.24, 2.45) is 0 Å². The van der Waals surface area contributed by atoms with Gasteiger partial charge in [-0.3, -0.25) is 0 Å². The van der Waals surface area contributed by atoms with E-state index >= 15 is 0 Å². The fourth-order valence-electron chi connectivity index (χ4n) is 2.39. The number of nitrogens with zero attached hydrogens (tertiary/aromatic N) is 2. The second kappa shape index (κ2) is 5.58. The summed E-state index contributed by atoms with van der Waals surface area (Å²) in [4.78, 5) is 0. The average molecular weight is 304 g/mol. The van der Waals surface area contributed by atoms with Gasteiger partial charge >= 0.3 is 0 Å². The highest BCUT2D eigenvalue weighted by Crippen LogP contribution is 2.35. The van der Waals surface area contributed by atoms with Crippen LogP contribution in [0.4, 0.5) is 0 Å². The Kier molecular flexibility index (Phi) is 3.29. The molecule has 4 aromatic rings. The van der Waals surface area contributed by atoms with Crippen molar-refractivity contribution >= 4 is 22.8 Å². The number of rotatable bonds is 3. The van der Waals surface area contributed by atoms with E-state index in [0.29, 0.717) is 0 Å². The summed E-state index contributed by atoms with van der Waals surface area (Å²) in [6.07, 6.45) is 0. The van der Waals surface area contributed by atoms with Gasteiger partial charge in [0.25, 0.3) is 0 Å². The lowest BCUT2D eigenvalue weighted by atomic mass is 10.0. The van der Waals surface area contributed by atoms with Crippen LogP contribution in [-0.2, 0) is 0 Å². The lowest BCUT2D eigenvalue weighted by molar-refractivity contribution is 0.487. The molecule has 3 aromatic carbocycles. The van der Waals surface area contributed by atoms with Gasteiger partial charge in [0.1, 0.15) is 16.8 Å². The molecule has 0 unspecified atom stereocenters. The summed E-state index contributed by atoms with van der Waals surface area (Å²) >= 11 is 1.21. The molecular formula is C18H12N2OS. The molecule has 0 aliphatic carbocycles. The molecule has 0 N–H and O–H groups in total. The molecule has 0 bridgehead atoms. The van der Waals surface area contributed by atoms with Crippen molar-refractivity contribution in [1.29, 1.82) is 0 Å². The Morgan fingerprint density at radius 2 is 1.36 bits per heavy atom. The highest BCUT2D eigenvalue weighted by atomic mass is 32.1. The number of ether oxygens (including phenoxy) is 1. The second-order valence-corrected chi connectivity index (χ2v) is 5.38. The lowest BCUT2D eigenvalue weighted by Crippen LogP contribution is -1.87. The van der Waals surface area contributed by atoms with E-state index < -0.39 is 0 Å². The first-order valence-electron chi connectivity index (χ1n) is 6.95. The molecule has 0 radical (unpaired) electrons. The largest absolute Gasteiger partial charge is 0.455 e. The maximum atomic E-state index is 5.94. The third kappa shape index (κ3) is 2.34. The van der Waals surface area contributed by atoms with Crippen LogP contribution in [0.3, 0.4) is 0 Å². The first-order valence-corrected chi connectivity index (χ1v) is 7.68. The molecule has 0 saturated carbocycles. The molecule has 0 spiro atoms. The van der Waals surface area contributed by atoms with Crippen molar-refractivity contribution in [2.75, 3.05) is 0 Å². The number of hydrogen-bond acceptors (Lipinski definition) is 4. The molecule has 4 heteroatoms. The van der Waals surface area contributed by atoms with Crippen molar-refractivity contribution in [1.82, 2.24) is 8.75 Å². The molecule has 0 atom stereocenters. The Bertz CT molecular complexity index is 904. The van der Waals surface area contributed by atoms with Crippen LogP contribution in [0.25, 0.3) is 22.2 Å². The fourth-order valence-corrected chi connectivity index (χ4v) is 2.96. The minimum Gasteiger partial charge on any atom is -0.455 e. The van der Waals surface area contributed by atoms with Gasteiger partial charge in [-0.25, -0.2) is 0 Å². The van der Waals surface area contributed by atoms with Crippen molar-refractivity contribution in [3.05, 3.63) is 72.8 Å². The number of hydrogen-bond donors (Lipinski definition) is 0. The molecule has 22 heavy (non-hydrogen) atoms. The van der Waals surface area contributed by atoms with Crippen molar-refractivity contribution in [2.45, 2.75) is 0 Å². The van der Waals surface area contributed by atoms with E-state index in [1.807, 2.05) is 60.7 Å². The number of para-hydroxylation sites is 1. The number of fused-ring (bicyclic) bond motifs is 1. The van der Waals surface area contributed by atoms with Gasteiger partial charge in [-0.1, -0.05) is 48.5 Å². The molecule has 106 valence electrons. The predicted molar refractivity (Wildman–Crippen MR) is 89.4 cm³/mol. The third-order valence-electron chi connectivity index (χ3n) is 3.43. The van der Waals surface area contributed by atoms with Crippen molar-refractivity contribution < 1.29 is 4.74 Å². The molecule has 0 aliphatic heterocycles. The van der Waals surface area contributed by atoms with Gasteiger partial charge in [0.2, 0.25) is 0 Å². The zero-order valence-corrected chi connectivity index (χ0v) is 12.5. The average Bonchev–Trinajstić information content (AvgIpc) is 3.07. The van der Waals surface area contributed by atoms with E-state index in [1.54, 1.807) is 0 Å². The first kappa shape index (κ1) is 13.0. The van der Waals surface area contributed by atoms with Gasteiger partial charge in [-0.05, 0) is 29.8 Å². The zero-order valence-electron chi connectivity index (χ0n) is 11.6. The minimum absolute atomic E-state index is 0.731. The molecule has 1 aromatic heterocycles. The quantitative estimate of drug-likeness (QED) is 0.525. The van der Waals surface area contributed by atoms with Crippen LogP contribution in [-0.4, -0.2) is 8.75 Å². The Morgan fingerprint density at radius 1 is 0.682 bits per heavy atom. The predicted octanol–water partition coefficient (Wildman–Crippen LogP) is 5.15. The first-order chi connectivity index (χ1) is 10.9. The van der Waals surface area contributed by atoms with E-state index in [2.05, 4.69) is 20.9 Å². The number of aromatic nitrogens is 2. The van der Waals surface area contributed by atoms with Crippen LogP contribution in [0.5, 0.6) is 11.5 Å². The van der Waals surface area contributed by atoms with Gasteiger partial charge in [-0.2, -0.15) is 8.75 Å². The summed E-state index contributed by atoms with van der Waals surface area (Å²) in [5.74, 6) is 1.53. The molecule has 0 aliphatic rings. The Balaban J connectivity index is 1.82. The third-order valence-corrected chi connectivity index (χ3v) is 3.96. The van der Waals surface area contributed by atoms with Crippen LogP contribution in [0.1, 0.15) is 0 Å². The molecule has 3 nitrogen and oxygen atoms in total. The Labute approximate surface area is 132 Å². The smallest absolute Gasteiger partial charge is 0.156 e. The van der Waals surface area contributed by atoms with Crippen LogP contribution in [0.2, 0.25) is 0 Å². The van der Waals surface area contributed by atoms with Crippen LogP contribution < -0.4 is 4.74 Å². The van der Waals surface area contributed by atoms with E-state index in [1.165, 1.54) is 11.7 Å². The Morgan fingerprint density at radius 3 is 2.14 bits per heavy atom. The standard InChI is InChI=1S/C18H12N2OS/c1-3-7-13(8-4-1)15-11-12-16(18-17(15)19-22-20-18)21-14-9-5-2-6-10-14/h1-12H. The Hall–Kier alpha value is -2.72.